The first kappa shape index (κ1) is 11.1. The van der Waals surface area contributed by atoms with Gasteiger partial charge in [-0.25, -0.2) is 12.0 Å². The Morgan fingerprint density at radius 1 is 1.57 bits per heavy atom. The third-order valence-corrected chi connectivity index (χ3v) is 0.822. The van der Waals surface area contributed by atoms with Crippen LogP contribution in [0.3, 0.4) is 0 Å². The molecule has 0 unspecified atom stereocenters. The summed E-state index contributed by atoms with van der Waals surface area (Å²) < 4.78 is 30.5. The number of rotatable bonds is 1. The van der Waals surface area contributed by atoms with Gasteiger partial charge < -0.3 is 4.55 Å². The third-order valence-electron chi connectivity index (χ3n) is 0.0913. The second-order valence-corrected chi connectivity index (χ2v) is 1.90. The van der Waals surface area contributed by atoms with Crippen molar-refractivity contribution >= 4 is 23.3 Å². The molecule has 0 amide bonds. The summed E-state index contributed by atoms with van der Waals surface area (Å²) in [6, 6.07) is 0. The fourth-order valence-corrected chi connectivity index (χ4v) is 0. The van der Waals surface area contributed by atoms with Crippen molar-refractivity contribution in [1.82, 2.24) is 0 Å². The molecular weight excluding hydrogens is 151 g/mol. The summed E-state index contributed by atoms with van der Waals surface area (Å²) in [5.74, 6) is 0. The molecule has 0 aliphatic rings. The van der Waals surface area contributed by atoms with E-state index in [1.807, 2.05) is 0 Å². The zero-order chi connectivity index (χ0) is 5.21. The van der Waals surface area contributed by atoms with Crippen molar-refractivity contribution in [3.63, 3.8) is 0 Å². The maximum absolute atomic E-state index is 9.15. The van der Waals surface area contributed by atoms with E-state index >= 15 is 0 Å². The summed E-state index contributed by atoms with van der Waals surface area (Å²) in [6.45, 7) is 0. The van der Waals surface area contributed by atoms with Crippen LogP contribution in [0.25, 0.3) is 0 Å². The molecule has 0 fully saturated rings. The summed E-state index contributed by atoms with van der Waals surface area (Å²) >= 11 is 2.70. The molecule has 0 saturated heterocycles. The van der Waals surface area contributed by atoms with E-state index in [9.17, 15) is 0 Å². The largest absolute Gasteiger partial charge is 1.00 e. The number of thiol groups is 1. The Morgan fingerprint density at radius 2 is 1.71 bits per heavy atom. The van der Waals surface area contributed by atoms with Crippen LogP contribution in [0.5, 0.6) is 0 Å². The van der Waals surface area contributed by atoms with Crippen LogP contribution in [0.2, 0.25) is 0 Å². The van der Waals surface area contributed by atoms with Gasteiger partial charge in [0.15, 0.2) is 0 Å². The first-order chi connectivity index (χ1) is 2.56. The standard InChI is InChI=1S/Na.H2O4S2/c;1-6(2,3)4-5/h;5H,(H,1,2,3)/q+1;/p-1. The van der Waals surface area contributed by atoms with Crippen LogP contribution in [0.1, 0.15) is 0 Å². The summed E-state index contributed by atoms with van der Waals surface area (Å²) in [5.41, 5.74) is 0. The minimum atomic E-state index is -4.55. The molecule has 7 heavy (non-hydrogen) atoms. The van der Waals surface area contributed by atoms with E-state index < -0.39 is 10.4 Å². The van der Waals surface area contributed by atoms with Crippen LogP contribution < -0.4 is 29.6 Å². The van der Waals surface area contributed by atoms with Crippen LogP contribution in [0, 0.1) is 0 Å². The van der Waals surface area contributed by atoms with Gasteiger partial charge in [-0.15, -0.1) is 0 Å². The fraction of sp³-hybridized carbons (Fsp3) is 0. The summed E-state index contributed by atoms with van der Waals surface area (Å²) in [5, 5.41) is 0. The van der Waals surface area contributed by atoms with Gasteiger partial charge in [-0.05, 0) is 12.9 Å². The second-order valence-electron chi connectivity index (χ2n) is 0.483. The third kappa shape index (κ3) is 11.0. The maximum Gasteiger partial charge on any atom is 1.00 e. The van der Waals surface area contributed by atoms with Gasteiger partial charge in [0.1, 0.15) is 0 Å². The zero-order valence-corrected chi connectivity index (χ0v) is 7.20. The average molecular weight is 152 g/mol. The molecule has 0 bridgehead atoms. The quantitative estimate of drug-likeness (QED) is 0.138. The van der Waals surface area contributed by atoms with Gasteiger partial charge in [0.25, 0.3) is 0 Å². The average Bonchev–Trinajstić information content (AvgIpc) is 1.35. The molecule has 0 spiro atoms. The van der Waals surface area contributed by atoms with Crippen LogP contribution in [0.15, 0.2) is 0 Å². The molecule has 7 heteroatoms. The number of hydrogen-bond donors (Lipinski definition) is 1. The molecule has 0 aliphatic carbocycles. The Hall–Kier alpha value is 1.22. The zero-order valence-electron chi connectivity index (χ0n) is 3.49. The Kier molecular flexibility index (Phi) is 6.54. The Balaban J connectivity index is 0. The molecule has 0 aromatic heterocycles. The monoisotopic (exact) mass is 152 g/mol. The molecule has 0 atom stereocenters. The predicted molar refractivity (Wildman–Crippen MR) is 19.8 cm³/mol. The van der Waals surface area contributed by atoms with Crippen molar-refractivity contribution in [2.24, 2.45) is 0 Å². The maximum atomic E-state index is 9.15. The van der Waals surface area contributed by atoms with Crippen LogP contribution in [0.4, 0.5) is 0 Å². The van der Waals surface area contributed by atoms with E-state index in [0.29, 0.717) is 0 Å². The van der Waals surface area contributed by atoms with Gasteiger partial charge >= 0.3 is 29.6 Å². The van der Waals surface area contributed by atoms with Gasteiger partial charge in [0.2, 0.25) is 10.4 Å². The normalized spacial score (nSPS) is 10.0. The van der Waals surface area contributed by atoms with Crippen molar-refractivity contribution in [2.75, 3.05) is 0 Å². The molecule has 0 aromatic rings. The van der Waals surface area contributed by atoms with Crippen molar-refractivity contribution in [3.8, 4) is 0 Å². The van der Waals surface area contributed by atoms with Crippen molar-refractivity contribution in [2.45, 2.75) is 0 Å². The summed E-state index contributed by atoms with van der Waals surface area (Å²) in [7, 11) is -4.55. The second kappa shape index (κ2) is 4.13. The molecular formula is HNaO4S2. The van der Waals surface area contributed by atoms with E-state index in [0.717, 1.165) is 0 Å². The molecule has 0 saturated carbocycles. The predicted octanol–water partition coefficient (Wildman–Crippen LogP) is -3.69. The summed E-state index contributed by atoms with van der Waals surface area (Å²) in [4.78, 5) is 0. The molecule has 4 nitrogen and oxygen atoms in total. The van der Waals surface area contributed by atoms with Crippen LogP contribution in [-0.4, -0.2) is 13.0 Å². The topological polar surface area (TPSA) is 66.4 Å². The van der Waals surface area contributed by atoms with Gasteiger partial charge in [-0.2, -0.15) is 0 Å². The summed E-state index contributed by atoms with van der Waals surface area (Å²) in [6.07, 6.45) is 0. The SMILES string of the molecule is O=S(=O)([O-])OS.[Na+]. The Labute approximate surface area is 69.1 Å². The van der Waals surface area contributed by atoms with E-state index in [4.69, 9.17) is 13.0 Å². The van der Waals surface area contributed by atoms with Gasteiger partial charge in [-0.3, -0.25) is 0 Å². The first-order valence-corrected chi connectivity index (χ1v) is 2.55. The van der Waals surface area contributed by atoms with Gasteiger partial charge in [0.05, 0.1) is 0 Å². The molecule has 0 N–H and O–H groups in total. The minimum absolute atomic E-state index is 0. The van der Waals surface area contributed by atoms with Crippen LogP contribution >= 0.6 is 12.9 Å². The molecule has 0 heterocycles. The van der Waals surface area contributed by atoms with Crippen molar-refractivity contribution in [1.29, 1.82) is 0 Å². The van der Waals surface area contributed by atoms with E-state index in [2.05, 4.69) is 16.5 Å². The minimum Gasteiger partial charge on any atom is -0.725 e. The molecule has 38 valence electrons. The molecule has 0 radical (unpaired) electrons. The number of hydrogen-bond acceptors (Lipinski definition) is 5. The van der Waals surface area contributed by atoms with E-state index in [-0.39, 0.29) is 29.6 Å². The van der Waals surface area contributed by atoms with Crippen molar-refractivity contribution in [3.05, 3.63) is 0 Å². The van der Waals surface area contributed by atoms with E-state index in [1.165, 1.54) is 0 Å². The van der Waals surface area contributed by atoms with Gasteiger partial charge in [-0.1, -0.05) is 0 Å². The molecule has 0 aliphatic heterocycles. The first-order valence-electron chi connectivity index (χ1n) is 0.849. The molecule has 0 rings (SSSR count). The van der Waals surface area contributed by atoms with Crippen molar-refractivity contribution < 1.29 is 46.2 Å². The van der Waals surface area contributed by atoms with Gasteiger partial charge in [0, 0.05) is 0 Å². The fourth-order valence-electron chi connectivity index (χ4n) is 0. The van der Waals surface area contributed by atoms with E-state index in [1.54, 1.807) is 0 Å². The van der Waals surface area contributed by atoms with Crippen LogP contribution in [-0.2, 0) is 14.0 Å². The molecule has 0 aromatic carbocycles. The Morgan fingerprint density at radius 3 is 1.71 bits per heavy atom. The Bertz CT molecular complexity index is 112. The smallest absolute Gasteiger partial charge is 0.725 e.